The lowest BCUT2D eigenvalue weighted by atomic mass is 10.1. The zero-order valence-corrected chi connectivity index (χ0v) is 10.8. The van der Waals surface area contributed by atoms with Gasteiger partial charge in [0.25, 0.3) is 0 Å². The number of halogens is 1. The van der Waals surface area contributed by atoms with Crippen LogP contribution in [0.3, 0.4) is 0 Å². The second kappa shape index (κ2) is 6.15. The van der Waals surface area contributed by atoms with E-state index >= 15 is 0 Å². The van der Waals surface area contributed by atoms with E-state index < -0.39 is 0 Å². The van der Waals surface area contributed by atoms with Crippen LogP contribution in [0.5, 0.6) is 0 Å². The molecule has 0 fully saturated rings. The molecule has 0 aliphatic heterocycles. The molecule has 1 heterocycles. The SMILES string of the molecule is Nc1cc[n+](CC(=O)c2ccccc2)cc1.[Br-]. The van der Waals surface area contributed by atoms with Crippen molar-refractivity contribution in [1.29, 1.82) is 0 Å². The number of carbonyl (C=O) groups is 1. The number of hydrogen-bond acceptors (Lipinski definition) is 2. The molecule has 0 aliphatic carbocycles. The molecule has 0 bridgehead atoms. The monoisotopic (exact) mass is 292 g/mol. The zero-order chi connectivity index (χ0) is 11.4. The molecule has 0 aliphatic rings. The number of pyridine rings is 1. The van der Waals surface area contributed by atoms with Crippen molar-refractivity contribution in [2.45, 2.75) is 6.54 Å². The predicted octanol–water partition coefficient (Wildman–Crippen LogP) is -1.56. The number of nitrogen functional groups attached to an aromatic ring is 1. The third-order valence-corrected chi connectivity index (χ3v) is 2.34. The summed E-state index contributed by atoms with van der Waals surface area (Å²) in [5.41, 5.74) is 7.00. The summed E-state index contributed by atoms with van der Waals surface area (Å²) in [4.78, 5) is 11.8. The average molecular weight is 293 g/mol. The minimum Gasteiger partial charge on any atom is -1.00 e. The summed E-state index contributed by atoms with van der Waals surface area (Å²) in [6.07, 6.45) is 3.60. The van der Waals surface area contributed by atoms with Crippen molar-refractivity contribution in [2.75, 3.05) is 5.73 Å². The van der Waals surface area contributed by atoms with E-state index in [-0.39, 0.29) is 22.8 Å². The highest BCUT2D eigenvalue weighted by Gasteiger charge is 2.10. The van der Waals surface area contributed by atoms with Crippen LogP contribution in [0, 0.1) is 0 Å². The molecule has 1 aromatic heterocycles. The maximum absolute atomic E-state index is 11.8. The van der Waals surface area contributed by atoms with Crippen LogP contribution in [-0.4, -0.2) is 5.78 Å². The highest BCUT2D eigenvalue weighted by atomic mass is 79.9. The number of anilines is 1. The van der Waals surface area contributed by atoms with E-state index in [4.69, 9.17) is 5.73 Å². The Hall–Kier alpha value is -1.68. The van der Waals surface area contributed by atoms with Crippen molar-refractivity contribution in [3.63, 3.8) is 0 Å². The molecule has 4 heteroatoms. The summed E-state index contributed by atoms with van der Waals surface area (Å²) in [6.45, 7) is 0.338. The molecule has 1 aromatic carbocycles. The molecule has 0 spiro atoms. The topological polar surface area (TPSA) is 47.0 Å². The van der Waals surface area contributed by atoms with Crippen LogP contribution in [0.2, 0.25) is 0 Å². The molecule has 2 rings (SSSR count). The lowest BCUT2D eigenvalue weighted by molar-refractivity contribution is -0.683. The first-order valence-electron chi connectivity index (χ1n) is 5.08. The number of carbonyl (C=O) groups excluding carboxylic acids is 1. The smallest absolute Gasteiger partial charge is 0.227 e. The van der Waals surface area contributed by atoms with Crippen LogP contribution in [-0.2, 0) is 6.54 Å². The van der Waals surface area contributed by atoms with Gasteiger partial charge in [-0.25, -0.2) is 0 Å². The number of ketones is 1. The molecule has 0 saturated carbocycles. The highest BCUT2D eigenvalue weighted by molar-refractivity contribution is 5.94. The van der Waals surface area contributed by atoms with Gasteiger partial charge in [-0.3, -0.25) is 4.79 Å². The predicted molar refractivity (Wildman–Crippen MR) is 61.8 cm³/mol. The number of nitrogens with zero attached hydrogens (tertiary/aromatic N) is 1. The Morgan fingerprint density at radius 3 is 2.24 bits per heavy atom. The minimum atomic E-state index is 0. The van der Waals surface area contributed by atoms with E-state index in [0.717, 1.165) is 5.56 Å². The molecule has 0 saturated heterocycles. The second-order valence-corrected chi connectivity index (χ2v) is 3.59. The van der Waals surface area contributed by atoms with Gasteiger partial charge in [-0.15, -0.1) is 0 Å². The normalized spacial score (nSPS) is 9.41. The summed E-state index contributed by atoms with van der Waals surface area (Å²) >= 11 is 0. The van der Waals surface area contributed by atoms with E-state index in [0.29, 0.717) is 12.2 Å². The van der Waals surface area contributed by atoms with Gasteiger partial charge >= 0.3 is 0 Å². The third kappa shape index (κ3) is 3.67. The first kappa shape index (κ1) is 13.4. The van der Waals surface area contributed by atoms with Gasteiger partial charge in [0.1, 0.15) is 0 Å². The van der Waals surface area contributed by atoms with Crippen molar-refractivity contribution in [1.82, 2.24) is 0 Å². The highest BCUT2D eigenvalue weighted by Crippen LogP contribution is 2.00. The fourth-order valence-corrected chi connectivity index (χ4v) is 1.46. The Labute approximate surface area is 111 Å². The van der Waals surface area contributed by atoms with Gasteiger partial charge in [0.2, 0.25) is 12.3 Å². The van der Waals surface area contributed by atoms with Gasteiger partial charge in [-0.05, 0) is 0 Å². The Morgan fingerprint density at radius 1 is 1.06 bits per heavy atom. The molecule has 0 amide bonds. The maximum Gasteiger partial charge on any atom is 0.227 e. The Kier molecular flexibility index (Phi) is 4.84. The number of nitrogens with two attached hydrogens (primary N) is 1. The molecular weight excluding hydrogens is 280 g/mol. The number of benzene rings is 1. The first-order chi connectivity index (χ1) is 7.75. The summed E-state index contributed by atoms with van der Waals surface area (Å²) in [7, 11) is 0. The van der Waals surface area contributed by atoms with Gasteiger partial charge in [-0.2, -0.15) is 4.57 Å². The quantitative estimate of drug-likeness (QED) is 0.550. The van der Waals surface area contributed by atoms with Crippen LogP contribution >= 0.6 is 0 Å². The first-order valence-corrected chi connectivity index (χ1v) is 5.08. The zero-order valence-electron chi connectivity index (χ0n) is 9.21. The van der Waals surface area contributed by atoms with E-state index in [1.54, 1.807) is 24.5 Å². The van der Waals surface area contributed by atoms with Crippen LogP contribution in [0.15, 0.2) is 54.9 Å². The van der Waals surface area contributed by atoms with Gasteiger partial charge in [0.05, 0.1) is 0 Å². The second-order valence-electron chi connectivity index (χ2n) is 3.59. The molecule has 0 unspecified atom stereocenters. The Balaban J connectivity index is 0.00000144. The summed E-state index contributed by atoms with van der Waals surface area (Å²) < 4.78 is 1.81. The lowest BCUT2D eigenvalue weighted by Crippen LogP contribution is -3.00. The Morgan fingerprint density at radius 2 is 1.65 bits per heavy atom. The molecule has 2 N–H and O–H groups in total. The molecular formula is C13H13BrN2O. The van der Waals surface area contributed by atoms with Crippen LogP contribution < -0.4 is 27.3 Å². The maximum atomic E-state index is 11.8. The van der Waals surface area contributed by atoms with Crippen molar-refractivity contribution < 1.29 is 26.3 Å². The van der Waals surface area contributed by atoms with Crippen LogP contribution in [0.25, 0.3) is 0 Å². The van der Waals surface area contributed by atoms with Crippen molar-refractivity contribution in [3.05, 3.63) is 60.4 Å². The number of Topliss-reactive ketones (excluding diaryl/α,β-unsaturated/α-hetero) is 1. The number of aromatic nitrogens is 1. The van der Waals surface area contributed by atoms with E-state index in [9.17, 15) is 4.79 Å². The molecule has 0 atom stereocenters. The average Bonchev–Trinajstić information content (AvgIpc) is 2.33. The van der Waals surface area contributed by atoms with Gasteiger partial charge in [0.15, 0.2) is 12.4 Å². The van der Waals surface area contributed by atoms with Gasteiger partial charge in [0, 0.05) is 23.4 Å². The molecule has 3 nitrogen and oxygen atoms in total. The van der Waals surface area contributed by atoms with Gasteiger partial charge < -0.3 is 22.7 Å². The van der Waals surface area contributed by atoms with Crippen molar-refractivity contribution in [3.8, 4) is 0 Å². The summed E-state index contributed by atoms with van der Waals surface area (Å²) in [5, 5.41) is 0. The van der Waals surface area contributed by atoms with Crippen molar-refractivity contribution >= 4 is 11.5 Å². The molecule has 17 heavy (non-hydrogen) atoms. The third-order valence-electron chi connectivity index (χ3n) is 2.34. The van der Waals surface area contributed by atoms with Crippen LogP contribution in [0.1, 0.15) is 10.4 Å². The molecule has 0 radical (unpaired) electrons. The Bertz CT molecular complexity index is 483. The van der Waals surface area contributed by atoms with E-state index in [1.807, 2.05) is 34.9 Å². The fourth-order valence-electron chi connectivity index (χ4n) is 1.46. The number of rotatable bonds is 3. The molecule has 2 aromatic rings. The van der Waals surface area contributed by atoms with Crippen molar-refractivity contribution in [2.24, 2.45) is 0 Å². The lowest BCUT2D eigenvalue weighted by Gasteiger charge is -1.97. The van der Waals surface area contributed by atoms with Gasteiger partial charge in [-0.1, -0.05) is 30.3 Å². The fraction of sp³-hybridized carbons (Fsp3) is 0.0769. The minimum absolute atomic E-state index is 0. The van der Waals surface area contributed by atoms with E-state index in [2.05, 4.69) is 0 Å². The van der Waals surface area contributed by atoms with Crippen LogP contribution in [0.4, 0.5) is 5.69 Å². The standard InChI is InChI=1S/C13H12N2O.BrH/c14-12-6-8-15(9-7-12)10-13(16)11-4-2-1-3-5-11;/h1-9,14H,10H2;1H. The summed E-state index contributed by atoms with van der Waals surface area (Å²) in [5.74, 6) is 0.0929. The summed E-state index contributed by atoms with van der Waals surface area (Å²) in [6, 6.07) is 12.8. The van der Waals surface area contributed by atoms with E-state index in [1.165, 1.54) is 0 Å². The molecule has 88 valence electrons. The largest absolute Gasteiger partial charge is 1.00 e. The number of hydrogen-bond donors (Lipinski definition) is 1.